The van der Waals surface area contributed by atoms with E-state index in [4.69, 9.17) is 36.4 Å². The van der Waals surface area contributed by atoms with Crippen molar-refractivity contribution in [2.75, 3.05) is 25.0 Å². The number of nitrogens with zero attached hydrogens (tertiary/aromatic N) is 4. The Kier molecular flexibility index (Phi) is 5.02. The van der Waals surface area contributed by atoms with Crippen LogP contribution in [-0.4, -0.2) is 36.1 Å². The largest absolute Gasteiger partial charge is 0.493 e. The van der Waals surface area contributed by atoms with Crippen molar-refractivity contribution in [2.45, 2.75) is 19.4 Å². The first-order valence-electron chi connectivity index (χ1n) is 8.96. The van der Waals surface area contributed by atoms with E-state index in [2.05, 4.69) is 10.1 Å². The van der Waals surface area contributed by atoms with E-state index in [0.717, 1.165) is 16.7 Å². The molecule has 0 aliphatic carbocycles. The number of ether oxygens (including phenoxy) is 2. The summed E-state index contributed by atoms with van der Waals surface area (Å²) in [6, 6.07) is 9.29. The van der Waals surface area contributed by atoms with Crippen molar-refractivity contribution in [3.05, 3.63) is 58.4 Å². The third kappa shape index (κ3) is 3.47. The van der Waals surface area contributed by atoms with Crippen LogP contribution >= 0.6 is 11.6 Å². The van der Waals surface area contributed by atoms with Crippen molar-refractivity contribution in [1.82, 2.24) is 10.1 Å². The number of methoxy groups -OCH3 is 2. The van der Waals surface area contributed by atoms with E-state index in [1.54, 1.807) is 31.4 Å². The number of hydrogen-bond donors (Lipinski definition) is 1. The van der Waals surface area contributed by atoms with Gasteiger partial charge in [-0.15, -0.1) is 0 Å². The van der Waals surface area contributed by atoms with Crippen LogP contribution in [0.1, 0.15) is 23.6 Å². The first kappa shape index (κ1) is 19.1. The van der Waals surface area contributed by atoms with E-state index in [0.29, 0.717) is 40.3 Å². The molecule has 0 fully saturated rings. The van der Waals surface area contributed by atoms with Gasteiger partial charge in [0, 0.05) is 11.1 Å². The maximum absolute atomic E-state index is 6.29. The molecule has 2 N–H and O–H groups in total. The van der Waals surface area contributed by atoms with E-state index in [1.165, 1.54) is 6.39 Å². The van der Waals surface area contributed by atoms with Gasteiger partial charge in [-0.1, -0.05) is 17.7 Å². The summed E-state index contributed by atoms with van der Waals surface area (Å²) >= 11 is 6.29. The van der Waals surface area contributed by atoms with Crippen LogP contribution in [0.25, 0.3) is 0 Å². The summed E-state index contributed by atoms with van der Waals surface area (Å²) < 4.78 is 15.9. The number of nitrogens with two attached hydrogens (primary N) is 1. The second-order valence-electron chi connectivity index (χ2n) is 6.68. The Balaban J connectivity index is 1.96. The summed E-state index contributed by atoms with van der Waals surface area (Å²) in [5.74, 6) is 1.64. The fourth-order valence-electron chi connectivity index (χ4n) is 3.37. The Bertz CT molecular complexity index is 1070. The zero-order chi connectivity index (χ0) is 20.5. The second kappa shape index (κ2) is 7.63. The molecule has 8 nitrogen and oxygen atoms in total. The molecule has 3 aromatic rings. The van der Waals surface area contributed by atoms with Crippen molar-refractivity contribution < 1.29 is 14.0 Å². The normalized spacial score (nSPS) is 16.1. The molecule has 0 amide bonds. The average molecular weight is 414 g/mol. The molecular weight excluding hydrogens is 394 g/mol. The van der Waals surface area contributed by atoms with Gasteiger partial charge in [0.1, 0.15) is 0 Å². The molecule has 4 rings (SSSR count). The lowest BCUT2D eigenvalue weighted by molar-refractivity contribution is 0.354. The Hall–Kier alpha value is -3.26. The van der Waals surface area contributed by atoms with Gasteiger partial charge in [0.05, 0.1) is 36.7 Å². The number of aromatic nitrogens is 2. The molecule has 0 saturated heterocycles. The molecule has 0 radical (unpaired) electrons. The lowest BCUT2D eigenvalue weighted by atomic mass is 9.94. The summed E-state index contributed by atoms with van der Waals surface area (Å²) in [6.45, 7) is 2.04. The van der Waals surface area contributed by atoms with Gasteiger partial charge >= 0.3 is 0 Å². The highest BCUT2D eigenvalue weighted by molar-refractivity contribution is 6.33. The fourth-order valence-corrected chi connectivity index (χ4v) is 3.55. The molecule has 1 aliphatic heterocycles. The predicted octanol–water partition coefficient (Wildman–Crippen LogP) is 3.53. The number of hydrazone groups is 1. The van der Waals surface area contributed by atoms with Crippen LogP contribution in [0.15, 0.2) is 46.3 Å². The summed E-state index contributed by atoms with van der Waals surface area (Å²) in [4.78, 5) is 4.17. The van der Waals surface area contributed by atoms with Gasteiger partial charge in [-0.3, -0.25) is 0 Å². The third-order valence-electron chi connectivity index (χ3n) is 4.83. The first-order chi connectivity index (χ1) is 14.0. The number of nitrogen functional groups attached to an aromatic ring is 1. The number of fused-ring (bicyclic) bond motifs is 1. The van der Waals surface area contributed by atoms with Crippen LogP contribution in [-0.2, 0) is 6.42 Å². The van der Waals surface area contributed by atoms with Gasteiger partial charge in [-0.25, -0.2) is 5.01 Å². The molecule has 0 spiro atoms. The highest BCUT2D eigenvalue weighted by Crippen LogP contribution is 2.35. The smallest absolute Gasteiger partial charge is 0.286 e. The lowest BCUT2D eigenvalue weighted by Gasteiger charge is -2.21. The minimum Gasteiger partial charge on any atom is -0.493 e. The van der Waals surface area contributed by atoms with Crippen LogP contribution in [0.5, 0.6) is 11.5 Å². The minimum atomic E-state index is -0.0359. The zero-order valence-corrected chi connectivity index (χ0v) is 17.0. The van der Waals surface area contributed by atoms with Gasteiger partial charge in [0.15, 0.2) is 11.5 Å². The Morgan fingerprint density at radius 1 is 1.17 bits per heavy atom. The van der Waals surface area contributed by atoms with Crippen LogP contribution < -0.4 is 20.2 Å². The maximum atomic E-state index is 6.29. The number of halogens is 1. The number of rotatable bonds is 4. The molecule has 1 atom stereocenters. The van der Waals surface area contributed by atoms with Crippen molar-refractivity contribution in [3.63, 3.8) is 0 Å². The number of anilines is 2. The molecule has 150 valence electrons. The van der Waals surface area contributed by atoms with Gasteiger partial charge in [-0.05, 0) is 48.3 Å². The van der Waals surface area contributed by atoms with Gasteiger partial charge < -0.3 is 19.7 Å². The van der Waals surface area contributed by atoms with Gasteiger partial charge in [-0.2, -0.15) is 10.1 Å². The quantitative estimate of drug-likeness (QED) is 0.653. The van der Waals surface area contributed by atoms with Crippen molar-refractivity contribution >= 4 is 28.9 Å². The molecular formula is C20H20ClN5O3. The summed E-state index contributed by atoms with van der Waals surface area (Å²) in [5.41, 5.74) is 9.85. The van der Waals surface area contributed by atoms with Gasteiger partial charge in [0.25, 0.3) is 5.95 Å². The Morgan fingerprint density at radius 2 is 1.93 bits per heavy atom. The third-order valence-corrected chi connectivity index (χ3v) is 5.16. The van der Waals surface area contributed by atoms with Crippen molar-refractivity contribution in [1.29, 1.82) is 0 Å². The SMILES string of the molecule is COc1cc2c(cc1OC)C(c1ccc(N)c(Cl)c1)=NN(c1ncon1)[C@H](C)C2. The van der Waals surface area contributed by atoms with E-state index >= 15 is 0 Å². The summed E-state index contributed by atoms with van der Waals surface area (Å²) in [5, 5.41) is 11.0. The van der Waals surface area contributed by atoms with E-state index < -0.39 is 0 Å². The number of benzene rings is 2. The van der Waals surface area contributed by atoms with Crippen LogP contribution in [0, 0.1) is 0 Å². The number of hydrogen-bond acceptors (Lipinski definition) is 8. The Labute approximate surface area is 172 Å². The molecule has 0 saturated carbocycles. The van der Waals surface area contributed by atoms with Crippen LogP contribution in [0.2, 0.25) is 5.02 Å². The molecule has 0 unspecified atom stereocenters. The second-order valence-corrected chi connectivity index (χ2v) is 7.09. The topological polar surface area (TPSA) is 99.0 Å². The molecule has 0 bridgehead atoms. The Morgan fingerprint density at radius 3 is 2.59 bits per heavy atom. The van der Waals surface area contributed by atoms with Gasteiger partial charge in [0.2, 0.25) is 6.39 Å². The summed E-state index contributed by atoms with van der Waals surface area (Å²) in [7, 11) is 3.22. The van der Waals surface area contributed by atoms with E-state index in [1.807, 2.05) is 25.1 Å². The lowest BCUT2D eigenvalue weighted by Crippen LogP contribution is -2.30. The van der Waals surface area contributed by atoms with Crippen molar-refractivity contribution in [3.8, 4) is 11.5 Å². The minimum absolute atomic E-state index is 0.0359. The molecule has 1 aliphatic rings. The average Bonchev–Trinajstić information content (AvgIpc) is 3.20. The van der Waals surface area contributed by atoms with Crippen LogP contribution in [0.3, 0.4) is 0 Å². The monoisotopic (exact) mass is 413 g/mol. The highest BCUT2D eigenvalue weighted by Gasteiger charge is 2.28. The standard InChI is InChI=1S/C20H20ClN5O3/c1-11-6-13-8-17(27-2)18(28-3)9-14(13)19(12-4-5-16(22)15(21)7-12)24-26(11)20-23-10-29-25-20/h4-5,7-11H,6,22H2,1-3H3/t11-/m1/s1. The maximum Gasteiger partial charge on any atom is 0.286 e. The molecule has 9 heteroatoms. The molecule has 2 heterocycles. The first-order valence-corrected chi connectivity index (χ1v) is 9.34. The summed E-state index contributed by atoms with van der Waals surface area (Å²) in [6.07, 6.45) is 1.96. The van der Waals surface area contributed by atoms with E-state index in [9.17, 15) is 0 Å². The predicted molar refractivity (Wildman–Crippen MR) is 111 cm³/mol. The van der Waals surface area contributed by atoms with Crippen LogP contribution in [0.4, 0.5) is 11.6 Å². The fraction of sp³-hybridized carbons (Fsp3) is 0.250. The molecule has 1 aromatic heterocycles. The molecule has 29 heavy (non-hydrogen) atoms. The van der Waals surface area contributed by atoms with E-state index in [-0.39, 0.29) is 6.04 Å². The zero-order valence-electron chi connectivity index (χ0n) is 16.2. The molecule has 2 aromatic carbocycles. The van der Waals surface area contributed by atoms with Crippen molar-refractivity contribution in [2.24, 2.45) is 5.10 Å². The highest BCUT2D eigenvalue weighted by atomic mass is 35.5.